The van der Waals surface area contributed by atoms with Crippen LogP contribution in [0.1, 0.15) is 11.1 Å². The number of azo groups is 2. The molecule has 0 amide bonds. The number of aliphatic hydroxyl groups excluding tert-OH is 1. The molecule has 0 radical (unpaired) electrons. The van der Waals surface area contributed by atoms with Crippen molar-refractivity contribution in [1.82, 2.24) is 39.9 Å². The van der Waals surface area contributed by atoms with Crippen molar-refractivity contribution in [3.63, 3.8) is 0 Å². The van der Waals surface area contributed by atoms with Crippen molar-refractivity contribution >= 4 is 159 Å². The summed E-state index contributed by atoms with van der Waals surface area (Å²) in [6.07, 6.45) is 3.16. The number of aliphatic hydroxyl groups is 1. The van der Waals surface area contributed by atoms with Crippen LogP contribution in [0.15, 0.2) is 199 Å². The second-order valence-electron chi connectivity index (χ2n) is 23.4. The maximum absolute atomic E-state index is 12.4. The van der Waals surface area contributed by atoms with Gasteiger partial charge in [-0.1, -0.05) is 115 Å². The van der Waals surface area contributed by atoms with Crippen molar-refractivity contribution in [2.45, 2.75) is 27.4 Å². The number of ether oxygens (including phenoxy) is 1. The van der Waals surface area contributed by atoms with E-state index < -0.39 is 103 Å². The fourth-order valence-corrected chi connectivity index (χ4v) is 13.4. The molecule has 0 unspecified atom stereocenters. The van der Waals surface area contributed by atoms with E-state index in [1.54, 1.807) is 6.92 Å². The summed E-state index contributed by atoms with van der Waals surface area (Å²) >= 11 is 0. The maximum Gasteiger partial charge on any atom is 2.00 e. The summed E-state index contributed by atoms with van der Waals surface area (Å²) in [5, 5.41) is 40.3. The maximum atomic E-state index is 12.4. The number of aryl methyl sites for hydroxylation is 1. The van der Waals surface area contributed by atoms with Crippen LogP contribution in [0, 0.1) is 6.92 Å². The number of sulfone groups is 1. The molecule has 3 aromatic heterocycles. The summed E-state index contributed by atoms with van der Waals surface area (Å²) in [5.41, 5.74) is 5.98. The van der Waals surface area contributed by atoms with Crippen molar-refractivity contribution < 1.29 is 121 Å². The molecular weight excluding hydrogens is 1620 g/mol. The van der Waals surface area contributed by atoms with Gasteiger partial charge in [0.05, 0.1) is 70.7 Å². The average molecular weight is 1680 g/mol. The van der Waals surface area contributed by atoms with Gasteiger partial charge in [0.1, 0.15) is 33.5 Å². The zero-order valence-electron chi connectivity index (χ0n) is 56.8. The Morgan fingerprint density at radius 2 is 0.835 bits per heavy atom. The summed E-state index contributed by atoms with van der Waals surface area (Å²) in [4.78, 5) is 36.9. The number of benzene rings is 9. The Bertz CT molecular complexity index is 6360. The zero-order valence-corrected chi connectivity index (χ0v) is 65.5. The first-order valence-electron chi connectivity index (χ1n) is 30.4. The van der Waals surface area contributed by atoms with Crippen molar-refractivity contribution in [2.24, 2.45) is 20.5 Å². The van der Waals surface area contributed by atoms with Crippen LogP contribution in [-0.4, -0.2) is 165 Å². The standard InChI is InChI=1S/C32H16N8.C31H28N4O14S4.3CH4O3S.Zn/c1-2-10-18-17(9-1)25-33-26(18)38-28-21-13-5-6-14-22(21)30(35-28)40-32-24-16-8-7-15-23(24)31(36-32)39-29-20-12-4-3-11-19(20)27(34-29)37-25;1-17-9-26(34-35-30-29(53(46,47)48)12-20-10-18(16-50(2,38)39)3-6-23(20)31(30)37)27(49-8-7-36)15-25(17)33-32-21-5-4-19-11-22(51(40,41)42)14-28(24(19)13-21)52(43,44)45;3*1-5(2,3)4;/h1-16H;3-6,9-15,36-37H,7-8,16H2,1-2H3,(H,40,41,42)(H,43,44,45)(H,46,47,48);3*1H3,(H,2,3,4);/q-2;;;;;+2. The number of aromatic hydroxyl groups is 1. The van der Waals surface area contributed by atoms with Crippen molar-refractivity contribution in [1.29, 1.82) is 0 Å². The molecule has 0 saturated carbocycles. The molecule has 2 aliphatic rings. The second kappa shape index (κ2) is 32.5. The minimum atomic E-state index is -5.02. The van der Waals surface area contributed by atoms with E-state index >= 15 is 0 Å². The molecule has 109 heavy (non-hydrogen) atoms. The quantitative estimate of drug-likeness (QED) is 0.0320. The van der Waals surface area contributed by atoms with E-state index in [4.69, 9.17) is 58.3 Å². The van der Waals surface area contributed by atoms with E-state index in [0.717, 1.165) is 62.2 Å². The molecule has 8 bridgehead atoms. The second-order valence-corrected chi connectivity index (χ2v) is 34.1. The number of hydrogen-bond acceptors (Lipinski definition) is 27. The topological polar surface area (TPSA) is 565 Å². The van der Waals surface area contributed by atoms with Gasteiger partial charge in [0.2, 0.25) is 0 Å². The van der Waals surface area contributed by atoms with Gasteiger partial charge in [0.25, 0.3) is 60.7 Å². The summed E-state index contributed by atoms with van der Waals surface area (Å²) in [6.45, 7) is 0.889. The van der Waals surface area contributed by atoms with Crippen molar-refractivity contribution in [3.05, 3.63) is 175 Å². The van der Waals surface area contributed by atoms with E-state index in [0.29, 0.717) is 81.8 Å². The summed E-state index contributed by atoms with van der Waals surface area (Å²) in [6, 6.07) is 45.1. The Hall–Kier alpha value is -10.3. The molecule has 43 heteroatoms. The molecule has 35 nitrogen and oxygen atoms in total. The molecule has 0 atom stereocenters. The number of nitrogens with zero attached hydrogens (tertiary/aromatic N) is 12. The van der Waals surface area contributed by atoms with Gasteiger partial charge in [0, 0.05) is 67.9 Å². The molecule has 0 fully saturated rings. The predicted octanol–water partition coefficient (Wildman–Crippen LogP) is 10.1. The molecule has 14 rings (SSSR count). The van der Waals surface area contributed by atoms with Gasteiger partial charge in [-0.25, -0.2) is 18.4 Å². The predicted molar refractivity (Wildman–Crippen MR) is 396 cm³/mol. The third-order valence-corrected chi connectivity index (χ3v) is 18.2. The van der Waals surface area contributed by atoms with E-state index in [2.05, 4.69) is 20.5 Å². The minimum Gasteiger partial charge on any atom is -0.505 e. The van der Waals surface area contributed by atoms with Gasteiger partial charge in [-0.2, -0.15) is 60.7 Å². The number of aromatic nitrogens is 8. The van der Waals surface area contributed by atoms with Crippen molar-refractivity contribution in [2.75, 3.05) is 38.2 Å². The molecule has 0 aliphatic carbocycles. The Kier molecular flexibility index (Phi) is 24.6. The number of hydrogen-bond donors (Lipinski definition) is 8. The molecule has 8 N–H and O–H groups in total. The van der Waals surface area contributed by atoms with Crippen LogP contribution in [0.3, 0.4) is 0 Å². The minimum absolute atomic E-state index is 0. The van der Waals surface area contributed by atoms with Crippen LogP contribution in [-0.2, 0) is 95.8 Å². The molecular formula is C66H56N12O23S7Zn. The van der Waals surface area contributed by atoms with Gasteiger partial charge in [-0.3, -0.25) is 27.3 Å². The zero-order chi connectivity index (χ0) is 78.8. The van der Waals surface area contributed by atoms with E-state index in [-0.39, 0.29) is 76.2 Å². The fraction of sp³-hybridized carbons (Fsp3) is 0.121. The van der Waals surface area contributed by atoms with Crippen LogP contribution >= 0.6 is 0 Å². The molecule has 2 aliphatic heterocycles. The van der Waals surface area contributed by atoms with Crippen LogP contribution in [0.5, 0.6) is 11.5 Å². The number of phenols is 1. The molecule has 562 valence electrons. The number of rotatable bonds is 12. The fourth-order valence-electron chi connectivity index (χ4n) is 10.6. The van der Waals surface area contributed by atoms with E-state index in [1.165, 1.54) is 48.5 Å². The first-order chi connectivity index (χ1) is 50.3. The van der Waals surface area contributed by atoms with Crippen LogP contribution in [0.2, 0.25) is 0 Å². The van der Waals surface area contributed by atoms with Gasteiger partial charge in [-0.05, 0) is 92.8 Å². The molecule has 9 aromatic carbocycles. The van der Waals surface area contributed by atoms with Gasteiger partial charge in [-0.15, -0.1) is 10.2 Å². The summed E-state index contributed by atoms with van der Waals surface area (Å²) in [7, 11) is -29.3. The summed E-state index contributed by atoms with van der Waals surface area (Å²) in [5.74, 6) is 1.10. The third-order valence-electron chi connectivity index (χ3n) is 14.8. The van der Waals surface area contributed by atoms with Crippen LogP contribution in [0.4, 0.5) is 22.7 Å². The Morgan fingerprint density at radius 3 is 1.24 bits per heavy atom. The van der Waals surface area contributed by atoms with E-state index in [1.807, 2.05) is 97.1 Å². The molecule has 5 heterocycles. The van der Waals surface area contributed by atoms with Crippen LogP contribution in [0.25, 0.3) is 111 Å². The van der Waals surface area contributed by atoms with Gasteiger partial charge >= 0.3 is 19.5 Å². The average Bonchev–Trinajstić information content (AvgIpc) is 1.46. The summed E-state index contributed by atoms with van der Waals surface area (Å²) < 4.78 is 208. The molecule has 0 saturated heterocycles. The smallest absolute Gasteiger partial charge is 0.505 e. The molecule has 12 aromatic rings. The normalized spacial score (nSPS) is 12.4. The monoisotopic (exact) mass is 1670 g/mol. The van der Waals surface area contributed by atoms with Gasteiger partial charge in [0.15, 0.2) is 15.6 Å². The SMILES string of the molecule is CS(=O)(=O)O.CS(=O)(=O)O.CS(=O)(=O)O.Cc1cc(N=Nc2c(S(=O)(=O)O)cc3cc(CS(C)(=O)=O)ccc3c2O)c(OCCO)cc1N=Nc1ccc2cc(S(=O)(=O)O)cc(S(=O)(=O)O)c2c1.[Zn+2].c1ccc2c(c1)-c1nc-2nc2[n-]c(nc3nc(nc4[n-]c(n1)c1ccccc41)-c1ccccc1-3)c1ccccc21. The number of phenolic OH excluding ortho intramolecular Hbond substituents is 1. The Labute approximate surface area is 632 Å². The number of fused-ring (bicyclic) bond motifs is 22. The molecule has 0 spiro atoms. The van der Waals surface area contributed by atoms with Crippen molar-refractivity contribution in [3.8, 4) is 57.1 Å². The first-order valence-corrected chi connectivity index (χ1v) is 42.3. The van der Waals surface area contributed by atoms with E-state index in [9.17, 15) is 82.8 Å². The third kappa shape index (κ3) is 21.3. The Balaban J connectivity index is 0.000000214. The Morgan fingerprint density at radius 1 is 0.413 bits per heavy atom. The largest absolute Gasteiger partial charge is 2.00 e. The van der Waals surface area contributed by atoms with Crippen LogP contribution < -0.4 is 14.7 Å². The van der Waals surface area contributed by atoms with Gasteiger partial charge < -0.3 is 44.9 Å². The first kappa shape index (κ1) is 82.7.